The lowest BCUT2D eigenvalue weighted by molar-refractivity contribution is 0.178. The van der Waals surface area contributed by atoms with Crippen LogP contribution in [0.2, 0.25) is 0 Å². The van der Waals surface area contributed by atoms with Crippen molar-refractivity contribution < 1.29 is 4.74 Å². The van der Waals surface area contributed by atoms with Gasteiger partial charge in [0.1, 0.15) is 12.4 Å². The van der Waals surface area contributed by atoms with Gasteiger partial charge in [0.2, 0.25) is 0 Å². The van der Waals surface area contributed by atoms with Crippen LogP contribution in [0, 0.1) is 0 Å². The van der Waals surface area contributed by atoms with E-state index in [1.807, 2.05) is 23.7 Å². The molecule has 0 aliphatic heterocycles. The van der Waals surface area contributed by atoms with Gasteiger partial charge in [-0.1, -0.05) is 6.92 Å². The van der Waals surface area contributed by atoms with Crippen molar-refractivity contribution in [3.8, 4) is 11.4 Å². The van der Waals surface area contributed by atoms with Crippen LogP contribution in [-0.2, 0) is 17.9 Å². The second-order valence-corrected chi connectivity index (χ2v) is 4.46. The van der Waals surface area contributed by atoms with Crippen molar-refractivity contribution in [2.45, 2.75) is 33.4 Å². The smallest absolute Gasteiger partial charge is 0.157 e. The van der Waals surface area contributed by atoms with Gasteiger partial charge in [0.15, 0.2) is 5.82 Å². The average molecular weight is 275 g/mol. The molecule has 2 heterocycles. The molecule has 2 aromatic heterocycles. The van der Waals surface area contributed by atoms with E-state index in [4.69, 9.17) is 4.74 Å². The first-order valence-electron chi connectivity index (χ1n) is 6.91. The molecule has 2 aromatic rings. The van der Waals surface area contributed by atoms with Gasteiger partial charge >= 0.3 is 0 Å². The molecule has 6 heteroatoms. The average Bonchev–Trinajstić information content (AvgIpc) is 2.88. The fourth-order valence-electron chi connectivity index (χ4n) is 2.03. The van der Waals surface area contributed by atoms with Crippen molar-refractivity contribution in [1.29, 1.82) is 0 Å². The quantitative estimate of drug-likeness (QED) is 0.840. The van der Waals surface area contributed by atoms with E-state index in [1.165, 1.54) is 0 Å². The summed E-state index contributed by atoms with van der Waals surface area (Å²) >= 11 is 0. The van der Waals surface area contributed by atoms with Crippen LogP contribution in [0.3, 0.4) is 0 Å². The van der Waals surface area contributed by atoms with E-state index in [2.05, 4.69) is 27.3 Å². The van der Waals surface area contributed by atoms with Crippen LogP contribution in [0.1, 0.15) is 26.1 Å². The summed E-state index contributed by atoms with van der Waals surface area (Å²) in [5, 5.41) is 7.56. The van der Waals surface area contributed by atoms with Crippen LogP contribution in [0.25, 0.3) is 11.4 Å². The zero-order valence-corrected chi connectivity index (χ0v) is 12.3. The second kappa shape index (κ2) is 7.00. The highest BCUT2D eigenvalue weighted by Crippen LogP contribution is 2.20. The molecule has 0 saturated heterocycles. The molecule has 0 aliphatic carbocycles. The maximum Gasteiger partial charge on any atom is 0.157 e. The maximum absolute atomic E-state index is 5.14. The van der Waals surface area contributed by atoms with Gasteiger partial charge in [0.05, 0.1) is 11.4 Å². The summed E-state index contributed by atoms with van der Waals surface area (Å²) in [4.78, 5) is 8.98. The number of anilines is 1. The van der Waals surface area contributed by atoms with Crippen LogP contribution in [0.15, 0.2) is 18.3 Å². The fraction of sp³-hybridized carbons (Fsp3) is 0.500. The molecule has 1 N–H and O–H groups in total. The lowest BCUT2D eigenvalue weighted by Crippen LogP contribution is -2.07. The molecule has 0 fully saturated rings. The lowest BCUT2D eigenvalue weighted by atomic mass is 10.2. The third-order valence-corrected chi connectivity index (χ3v) is 2.82. The topological polar surface area (TPSA) is 64.9 Å². The monoisotopic (exact) mass is 275 g/mol. The number of hydrogen-bond donors (Lipinski definition) is 1. The molecule has 2 rings (SSSR count). The molecular formula is C14H21N5O. The zero-order valence-electron chi connectivity index (χ0n) is 12.3. The van der Waals surface area contributed by atoms with Gasteiger partial charge in [0.25, 0.3) is 0 Å². The van der Waals surface area contributed by atoms with Crippen molar-refractivity contribution in [1.82, 2.24) is 19.7 Å². The van der Waals surface area contributed by atoms with Crippen molar-refractivity contribution >= 4 is 5.82 Å². The third kappa shape index (κ3) is 3.33. The van der Waals surface area contributed by atoms with Crippen molar-refractivity contribution in [3.05, 3.63) is 24.2 Å². The highest BCUT2D eigenvalue weighted by atomic mass is 16.5. The highest BCUT2D eigenvalue weighted by Gasteiger charge is 2.10. The first-order chi connectivity index (χ1) is 9.78. The standard InChI is InChI=1S/C14H21N5O/c1-4-8-19-12(6-7-16-19)11-9-13(15-5-2)18-14(17-11)10-20-3/h6-7,9H,4-5,8,10H2,1-3H3,(H,15,17,18). The Labute approximate surface area is 119 Å². The van der Waals surface area contributed by atoms with E-state index in [1.54, 1.807) is 13.3 Å². The Morgan fingerprint density at radius 3 is 2.85 bits per heavy atom. The van der Waals surface area contributed by atoms with Crippen molar-refractivity contribution in [2.75, 3.05) is 19.0 Å². The predicted octanol–water partition coefficient (Wildman–Crippen LogP) is 2.33. The minimum Gasteiger partial charge on any atom is -0.377 e. The minimum absolute atomic E-state index is 0.397. The number of aromatic nitrogens is 4. The molecule has 0 bridgehead atoms. The summed E-state index contributed by atoms with van der Waals surface area (Å²) in [6.45, 7) is 6.26. The van der Waals surface area contributed by atoms with Gasteiger partial charge in [-0.2, -0.15) is 5.10 Å². The molecule has 20 heavy (non-hydrogen) atoms. The molecule has 0 atom stereocenters. The van der Waals surface area contributed by atoms with E-state index in [-0.39, 0.29) is 0 Å². The Bertz CT molecular complexity index is 528. The Hall–Kier alpha value is -1.95. The summed E-state index contributed by atoms with van der Waals surface area (Å²) < 4.78 is 7.10. The highest BCUT2D eigenvalue weighted by molar-refractivity contribution is 5.58. The Morgan fingerprint density at radius 2 is 2.15 bits per heavy atom. The molecule has 0 aliphatic rings. The van der Waals surface area contributed by atoms with Crippen LogP contribution in [0.5, 0.6) is 0 Å². The fourth-order valence-corrected chi connectivity index (χ4v) is 2.03. The maximum atomic E-state index is 5.14. The van der Waals surface area contributed by atoms with Crippen LogP contribution >= 0.6 is 0 Å². The number of aryl methyl sites for hydroxylation is 1. The molecule has 0 aromatic carbocycles. The van der Waals surface area contributed by atoms with E-state index < -0.39 is 0 Å². The van der Waals surface area contributed by atoms with Crippen LogP contribution in [-0.4, -0.2) is 33.4 Å². The van der Waals surface area contributed by atoms with Gasteiger partial charge in [-0.15, -0.1) is 0 Å². The Morgan fingerprint density at radius 1 is 1.30 bits per heavy atom. The lowest BCUT2D eigenvalue weighted by Gasteiger charge is -2.10. The number of hydrogen-bond acceptors (Lipinski definition) is 5. The zero-order chi connectivity index (χ0) is 14.4. The Kier molecular flexibility index (Phi) is 5.06. The minimum atomic E-state index is 0.397. The SMILES string of the molecule is CCCn1nccc1-c1cc(NCC)nc(COC)n1. The Balaban J connectivity index is 2.40. The number of ether oxygens (including phenoxy) is 1. The third-order valence-electron chi connectivity index (χ3n) is 2.82. The molecule has 6 nitrogen and oxygen atoms in total. The molecule has 0 unspecified atom stereocenters. The van der Waals surface area contributed by atoms with Gasteiger partial charge in [-0.05, 0) is 19.4 Å². The van der Waals surface area contributed by atoms with Gasteiger partial charge in [-0.25, -0.2) is 9.97 Å². The summed E-state index contributed by atoms with van der Waals surface area (Å²) in [7, 11) is 1.64. The summed E-state index contributed by atoms with van der Waals surface area (Å²) in [6.07, 6.45) is 2.83. The van der Waals surface area contributed by atoms with Crippen molar-refractivity contribution in [3.63, 3.8) is 0 Å². The molecule has 0 saturated carbocycles. The molecule has 0 amide bonds. The molecule has 108 valence electrons. The normalized spacial score (nSPS) is 10.8. The van der Waals surface area contributed by atoms with Gasteiger partial charge in [0, 0.05) is 32.5 Å². The van der Waals surface area contributed by atoms with Gasteiger partial charge < -0.3 is 10.1 Å². The largest absolute Gasteiger partial charge is 0.377 e. The summed E-state index contributed by atoms with van der Waals surface area (Å²) in [6, 6.07) is 3.93. The number of nitrogens with zero attached hydrogens (tertiary/aromatic N) is 4. The van der Waals surface area contributed by atoms with E-state index in [0.717, 1.165) is 36.7 Å². The van der Waals surface area contributed by atoms with Crippen LogP contribution in [0.4, 0.5) is 5.82 Å². The number of nitrogens with one attached hydrogen (secondary N) is 1. The molecule has 0 spiro atoms. The first-order valence-corrected chi connectivity index (χ1v) is 6.91. The first kappa shape index (κ1) is 14.5. The van der Waals surface area contributed by atoms with Crippen LogP contribution < -0.4 is 5.32 Å². The number of methoxy groups -OCH3 is 1. The predicted molar refractivity (Wildman–Crippen MR) is 78.4 cm³/mol. The van der Waals surface area contributed by atoms with Gasteiger partial charge in [-0.3, -0.25) is 4.68 Å². The molecular weight excluding hydrogens is 254 g/mol. The summed E-state index contributed by atoms with van der Waals surface area (Å²) in [5.74, 6) is 1.49. The van der Waals surface area contributed by atoms with E-state index >= 15 is 0 Å². The number of rotatable bonds is 7. The summed E-state index contributed by atoms with van der Waals surface area (Å²) in [5.41, 5.74) is 1.87. The van der Waals surface area contributed by atoms with E-state index in [0.29, 0.717) is 12.4 Å². The van der Waals surface area contributed by atoms with E-state index in [9.17, 15) is 0 Å². The second-order valence-electron chi connectivity index (χ2n) is 4.46. The van der Waals surface area contributed by atoms with Crippen molar-refractivity contribution in [2.24, 2.45) is 0 Å². The molecule has 0 radical (unpaired) electrons.